The van der Waals surface area contributed by atoms with Crippen molar-refractivity contribution in [2.24, 2.45) is 0 Å². The highest BCUT2D eigenvalue weighted by Gasteiger charge is 2.47. The number of thiazole rings is 1. The van der Waals surface area contributed by atoms with Crippen LogP contribution < -0.4 is 4.74 Å². The standard InChI is InChI=1S/C21H26ClN3O2S/c1-16-23-13-17(28-16)14-25-11-9-21(25)8-4-10-24(15-21)20(26)7-12-27-19-6-3-2-5-18(19)22/h2-3,5-6,13H,4,7-12,14-15H2,1H3/t21-/m1/s1. The van der Waals surface area contributed by atoms with E-state index < -0.39 is 0 Å². The number of rotatable bonds is 6. The third-order valence-corrected chi connectivity index (χ3v) is 7.06. The molecule has 2 aromatic rings. The molecule has 28 heavy (non-hydrogen) atoms. The van der Waals surface area contributed by atoms with Crippen molar-refractivity contribution < 1.29 is 9.53 Å². The van der Waals surface area contributed by atoms with Crippen LogP contribution in [0.1, 0.15) is 35.6 Å². The van der Waals surface area contributed by atoms with Gasteiger partial charge in [-0.05, 0) is 38.3 Å². The molecule has 0 saturated carbocycles. The van der Waals surface area contributed by atoms with E-state index >= 15 is 0 Å². The number of hydrogen-bond donors (Lipinski definition) is 0. The molecule has 2 aliphatic heterocycles. The number of halogens is 1. The number of para-hydroxylation sites is 1. The second-order valence-corrected chi connectivity index (χ2v) is 9.42. The number of likely N-dealkylation sites (tertiary alicyclic amines) is 2. The molecule has 150 valence electrons. The van der Waals surface area contributed by atoms with Crippen molar-refractivity contribution in [1.29, 1.82) is 0 Å². The molecule has 1 spiro atoms. The second-order valence-electron chi connectivity index (χ2n) is 7.69. The quantitative estimate of drug-likeness (QED) is 0.705. The van der Waals surface area contributed by atoms with Crippen LogP contribution in [-0.2, 0) is 11.3 Å². The lowest BCUT2D eigenvalue weighted by Crippen LogP contribution is -2.66. The van der Waals surface area contributed by atoms with E-state index in [1.807, 2.05) is 36.2 Å². The van der Waals surface area contributed by atoms with Crippen LogP contribution in [0.15, 0.2) is 30.5 Å². The summed E-state index contributed by atoms with van der Waals surface area (Å²) in [5, 5.41) is 1.69. The Balaban J connectivity index is 1.30. The first-order chi connectivity index (χ1) is 13.6. The number of aryl methyl sites for hydroxylation is 1. The first-order valence-electron chi connectivity index (χ1n) is 9.87. The van der Waals surface area contributed by atoms with Crippen LogP contribution in [0.25, 0.3) is 0 Å². The summed E-state index contributed by atoms with van der Waals surface area (Å²) in [5.41, 5.74) is 0.148. The lowest BCUT2D eigenvalue weighted by atomic mass is 9.77. The highest BCUT2D eigenvalue weighted by Crippen LogP contribution is 2.40. The van der Waals surface area contributed by atoms with Gasteiger partial charge in [-0.3, -0.25) is 9.69 Å². The average molecular weight is 420 g/mol. The molecular weight excluding hydrogens is 394 g/mol. The Hall–Kier alpha value is -1.63. The molecular formula is C21H26ClN3O2S. The van der Waals surface area contributed by atoms with Crippen molar-refractivity contribution in [3.8, 4) is 5.75 Å². The Morgan fingerprint density at radius 1 is 1.32 bits per heavy atom. The zero-order chi connectivity index (χ0) is 19.6. The van der Waals surface area contributed by atoms with Crippen LogP contribution in [0.5, 0.6) is 5.75 Å². The van der Waals surface area contributed by atoms with E-state index in [0.29, 0.717) is 23.8 Å². The first kappa shape index (κ1) is 19.7. The van der Waals surface area contributed by atoms with E-state index in [2.05, 4.69) is 9.88 Å². The molecule has 0 radical (unpaired) electrons. The van der Waals surface area contributed by atoms with Gasteiger partial charge in [-0.1, -0.05) is 23.7 Å². The summed E-state index contributed by atoms with van der Waals surface area (Å²) >= 11 is 7.88. The van der Waals surface area contributed by atoms with Gasteiger partial charge in [0.25, 0.3) is 0 Å². The van der Waals surface area contributed by atoms with Crippen LogP contribution in [0.4, 0.5) is 0 Å². The van der Waals surface area contributed by atoms with Crippen LogP contribution >= 0.6 is 22.9 Å². The number of nitrogens with zero attached hydrogens (tertiary/aromatic N) is 3. The van der Waals surface area contributed by atoms with Gasteiger partial charge in [0.05, 0.1) is 23.1 Å². The van der Waals surface area contributed by atoms with Crippen LogP contribution in [0.2, 0.25) is 5.02 Å². The number of ether oxygens (including phenoxy) is 1. The van der Waals surface area contributed by atoms with Gasteiger partial charge in [0, 0.05) is 42.8 Å². The number of carbonyl (C=O) groups excluding carboxylic acids is 1. The summed E-state index contributed by atoms with van der Waals surface area (Å²) in [4.78, 5) is 23.0. The fourth-order valence-electron chi connectivity index (χ4n) is 4.26. The number of hydrogen-bond acceptors (Lipinski definition) is 5. The molecule has 1 atom stereocenters. The maximum absolute atomic E-state index is 12.8. The van der Waals surface area contributed by atoms with Crippen molar-refractivity contribution in [3.05, 3.63) is 45.4 Å². The number of benzene rings is 1. The minimum absolute atomic E-state index is 0.148. The molecule has 1 amide bonds. The van der Waals surface area contributed by atoms with Crippen molar-refractivity contribution in [1.82, 2.24) is 14.8 Å². The highest BCUT2D eigenvalue weighted by atomic mass is 35.5. The van der Waals surface area contributed by atoms with Crippen molar-refractivity contribution >= 4 is 28.8 Å². The predicted molar refractivity (Wildman–Crippen MR) is 112 cm³/mol. The van der Waals surface area contributed by atoms with Gasteiger partial charge in [0.2, 0.25) is 5.91 Å². The van der Waals surface area contributed by atoms with Gasteiger partial charge >= 0.3 is 0 Å². The van der Waals surface area contributed by atoms with E-state index in [0.717, 1.165) is 37.6 Å². The fraction of sp³-hybridized carbons (Fsp3) is 0.524. The zero-order valence-electron chi connectivity index (χ0n) is 16.2. The van der Waals surface area contributed by atoms with E-state index in [1.165, 1.54) is 17.7 Å². The number of amides is 1. The normalized spacial score (nSPS) is 22.3. The molecule has 0 bridgehead atoms. The maximum atomic E-state index is 12.8. The highest BCUT2D eigenvalue weighted by molar-refractivity contribution is 7.11. The van der Waals surface area contributed by atoms with E-state index in [9.17, 15) is 4.79 Å². The molecule has 0 N–H and O–H groups in total. The summed E-state index contributed by atoms with van der Waals surface area (Å²) in [6, 6.07) is 7.37. The van der Waals surface area contributed by atoms with Crippen LogP contribution in [0, 0.1) is 6.92 Å². The van der Waals surface area contributed by atoms with Gasteiger partial charge in [0.1, 0.15) is 5.75 Å². The third-order valence-electron chi connectivity index (χ3n) is 5.85. The Labute approximate surface area is 175 Å². The van der Waals surface area contributed by atoms with Gasteiger partial charge in [-0.15, -0.1) is 11.3 Å². The molecule has 2 aliphatic rings. The maximum Gasteiger partial charge on any atom is 0.226 e. The van der Waals surface area contributed by atoms with Crippen molar-refractivity contribution in [2.45, 2.75) is 44.7 Å². The number of carbonyl (C=O) groups is 1. The molecule has 2 saturated heterocycles. The molecule has 1 aromatic heterocycles. The smallest absolute Gasteiger partial charge is 0.226 e. The van der Waals surface area contributed by atoms with Crippen LogP contribution in [0.3, 0.4) is 0 Å². The summed E-state index contributed by atoms with van der Waals surface area (Å²) in [7, 11) is 0. The Morgan fingerprint density at radius 3 is 2.89 bits per heavy atom. The van der Waals surface area contributed by atoms with Gasteiger partial charge in [-0.25, -0.2) is 4.98 Å². The minimum Gasteiger partial charge on any atom is -0.491 e. The molecule has 5 nitrogen and oxygen atoms in total. The molecule has 3 heterocycles. The zero-order valence-corrected chi connectivity index (χ0v) is 17.8. The van der Waals surface area contributed by atoms with Gasteiger partial charge in [0.15, 0.2) is 0 Å². The largest absolute Gasteiger partial charge is 0.491 e. The SMILES string of the molecule is Cc1ncc(CN2CC[C@@]23CCCN(C(=O)CCOc2ccccc2Cl)C3)s1. The first-order valence-corrected chi connectivity index (χ1v) is 11.1. The van der Waals surface area contributed by atoms with Crippen LogP contribution in [-0.4, -0.2) is 52.5 Å². The number of aromatic nitrogens is 1. The fourth-order valence-corrected chi connectivity index (χ4v) is 5.26. The summed E-state index contributed by atoms with van der Waals surface area (Å²) < 4.78 is 5.70. The Morgan fingerprint density at radius 2 is 2.18 bits per heavy atom. The Kier molecular flexibility index (Phi) is 5.90. The molecule has 0 aliphatic carbocycles. The topological polar surface area (TPSA) is 45.7 Å². The summed E-state index contributed by atoms with van der Waals surface area (Å²) in [6.07, 6.45) is 5.78. The van der Waals surface area contributed by atoms with Crippen molar-refractivity contribution in [2.75, 3.05) is 26.2 Å². The molecule has 2 fully saturated rings. The lowest BCUT2D eigenvalue weighted by Gasteiger charge is -2.57. The van der Waals surface area contributed by atoms with Gasteiger partial charge < -0.3 is 9.64 Å². The average Bonchev–Trinajstić information content (AvgIpc) is 3.12. The molecule has 7 heteroatoms. The summed E-state index contributed by atoms with van der Waals surface area (Å²) in [5.74, 6) is 0.809. The van der Waals surface area contributed by atoms with Crippen molar-refractivity contribution in [3.63, 3.8) is 0 Å². The predicted octanol–water partition coefficient (Wildman–Crippen LogP) is 4.14. The van der Waals surface area contributed by atoms with Gasteiger partial charge in [-0.2, -0.15) is 0 Å². The monoisotopic (exact) mass is 419 g/mol. The molecule has 0 unspecified atom stereocenters. The van der Waals surface area contributed by atoms with E-state index in [4.69, 9.17) is 16.3 Å². The van der Waals surface area contributed by atoms with E-state index in [-0.39, 0.29) is 11.4 Å². The lowest BCUT2D eigenvalue weighted by molar-refractivity contribution is -0.141. The van der Waals surface area contributed by atoms with E-state index in [1.54, 1.807) is 17.4 Å². The number of piperidine rings is 1. The Bertz CT molecular complexity index is 843. The molecule has 4 rings (SSSR count). The second kappa shape index (κ2) is 8.39. The summed E-state index contributed by atoms with van der Waals surface area (Å²) in [6.45, 7) is 6.13. The minimum atomic E-state index is 0.148. The third kappa shape index (κ3) is 4.19. The molecule has 1 aromatic carbocycles.